The van der Waals surface area contributed by atoms with Gasteiger partial charge in [0, 0.05) is 48.1 Å². The van der Waals surface area contributed by atoms with Crippen LogP contribution in [0.25, 0.3) is 38.3 Å². The summed E-state index contributed by atoms with van der Waals surface area (Å²) in [5.41, 5.74) is 11.4. The Hall–Kier alpha value is -4.11. The summed E-state index contributed by atoms with van der Waals surface area (Å²) in [4.78, 5) is 0. The molecule has 0 bridgehead atoms. The normalized spacial score (nSPS) is 17.3. The Morgan fingerprint density at radius 2 is 1.59 bits per heavy atom. The van der Waals surface area contributed by atoms with Crippen molar-refractivity contribution < 1.29 is 13.4 Å². The van der Waals surface area contributed by atoms with E-state index in [-0.39, 0.29) is 17.3 Å². The predicted octanol–water partition coefficient (Wildman–Crippen LogP) is 10.1. The summed E-state index contributed by atoms with van der Waals surface area (Å²) in [5.74, 6) is -0.0808. The van der Waals surface area contributed by atoms with E-state index in [2.05, 4.69) is 130 Å². The standard InChI is InChI=1S/C43H45FN2/c1-8-11-12-28-15-17-33-37-30(28)20-22-46-41(37)38-31(16-18-34(44)40(38)42(33,6)7)39(43(46,9-2)10-3)36-25-29-14-13-26(4)23-32(29)35-24-27(5)19-21-45(35)36/h13-25,39H,8-12H2,1-7H3/q+2. The molecule has 1 aliphatic heterocycles. The molecule has 6 aromatic rings. The summed E-state index contributed by atoms with van der Waals surface area (Å²) in [6.07, 6.45) is 9.92. The maximum Gasteiger partial charge on any atom is 0.221 e. The summed E-state index contributed by atoms with van der Waals surface area (Å²) in [5, 5.41) is 5.18. The van der Waals surface area contributed by atoms with E-state index < -0.39 is 5.41 Å². The molecule has 0 radical (unpaired) electrons. The van der Waals surface area contributed by atoms with Crippen LogP contribution in [0.2, 0.25) is 0 Å². The molecule has 1 unspecified atom stereocenters. The van der Waals surface area contributed by atoms with Gasteiger partial charge in [0.05, 0.1) is 16.3 Å². The van der Waals surface area contributed by atoms with Crippen molar-refractivity contribution in [2.24, 2.45) is 0 Å². The van der Waals surface area contributed by atoms with Gasteiger partial charge in [0.2, 0.25) is 16.9 Å². The van der Waals surface area contributed by atoms with Crippen LogP contribution in [-0.2, 0) is 17.4 Å². The van der Waals surface area contributed by atoms with Crippen molar-refractivity contribution in [3.05, 3.63) is 124 Å². The highest BCUT2D eigenvalue weighted by Gasteiger charge is 2.58. The summed E-state index contributed by atoms with van der Waals surface area (Å²) in [7, 11) is 0. The Kier molecular flexibility index (Phi) is 6.49. The first-order valence-electron chi connectivity index (χ1n) is 17.4. The number of pyridine rings is 3. The lowest BCUT2D eigenvalue weighted by Crippen LogP contribution is -2.64. The van der Waals surface area contributed by atoms with Crippen LogP contribution in [0.15, 0.2) is 79.1 Å². The van der Waals surface area contributed by atoms with Crippen LogP contribution in [0.4, 0.5) is 4.39 Å². The number of rotatable bonds is 6. The Morgan fingerprint density at radius 3 is 2.35 bits per heavy atom. The fraction of sp³-hybridized carbons (Fsp3) is 0.349. The number of aryl methyl sites for hydroxylation is 3. The number of hydrogen-bond acceptors (Lipinski definition) is 0. The topological polar surface area (TPSA) is 7.98 Å². The maximum atomic E-state index is 16.4. The van der Waals surface area contributed by atoms with E-state index in [0.29, 0.717) is 0 Å². The monoisotopic (exact) mass is 608 g/mol. The molecule has 0 N–H and O–H groups in total. The van der Waals surface area contributed by atoms with Gasteiger partial charge in [-0.1, -0.05) is 76.9 Å². The lowest BCUT2D eigenvalue weighted by molar-refractivity contribution is -0.762. The summed E-state index contributed by atoms with van der Waals surface area (Å²) in [6.45, 7) is 15.8. The number of aromatic nitrogens is 2. The van der Waals surface area contributed by atoms with Crippen LogP contribution in [-0.4, -0.2) is 0 Å². The minimum absolute atomic E-state index is 0.0216. The van der Waals surface area contributed by atoms with Crippen LogP contribution >= 0.6 is 0 Å². The molecule has 46 heavy (non-hydrogen) atoms. The summed E-state index contributed by atoms with van der Waals surface area (Å²) < 4.78 is 21.5. The molecule has 0 fully saturated rings. The van der Waals surface area contributed by atoms with E-state index >= 15 is 4.39 Å². The van der Waals surface area contributed by atoms with E-state index in [1.807, 2.05) is 0 Å². The van der Waals surface area contributed by atoms with E-state index in [1.54, 1.807) is 6.07 Å². The molecule has 0 spiro atoms. The van der Waals surface area contributed by atoms with Gasteiger partial charge >= 0.3 is 0 Å². The molecule has 8 rings (SSSR count). The first-order chi connectivity index (χ1) is 22.2. The minimum atomic E-state index is -0.473. The third-order valence-electron chi connectivity index (χ3n) is 11.8. The van der Waals surface area contributed by atoms with Gasteiger partial charge in [-0.15, -0.1) is 0 Å². The second-order valence-electron chi connectivity index (χ2n) is 14.6. The molecule has 3 aromatic heterocycles. The van der Waals surface area contributed by atoms with Crippen molar-refractivity contribution in [1.82, 2.24) is 0 Å². The van der Waals surface area contributed by atoms with Crippen molar-refractivity contribution in [2.75, 3.05) is 0 Å². The van der Waals surface area contributed by atoms with Gasteiger partial charge in [0.25, 0.3) is 0 Å². The molecule has 3 heteroatoms. The second kappa shape index (κ2) is 10.2. The number of fused-ring (bicyclic) bond motifs is 3. The predicted molar refractivity (Wildman–Crippen MR) is 187 cm³/mol. The minimum Gasteiger partial charge on any atom is -0.207 e. The first kappa shape index (κ1) is 29.3. The van der Waals surface area contributed by atoms with Gasteiger partial charge in [-0.05, 0) is 71.8 Å². The Bertz CT molecular complexity index is 2240. The van der Waals surface area contributed by atoms with Crippen LogP contribution in [0.1, 0.15) is 105 Å². The quantitative estimate of drug-likeness (QED) is 0.131. The molecular formula is C43H45FN2+2. The molecule has 1 aliphatic carbocycles. The highest BCUT2D eigenvalue weighted by atomic mass is 19.1. The van der Waals surface area contributed by atoms with Crippen molar-refractivity contribution >= 4 is 27.1 Å². The van der Waals surface area contributed by atoms with Gasteiger partial charge in [0.15, 0.2) is 17.9 Å². The highest BCUT2D eigenvalue weighted by Crippen LogP contribution is 2.57. The molecule has 0 saturated heterocycles. The third kappa shape index (κ3) is 3.75. The van der Waals surface area contributed by atoms with Crippen LogP contribution < -0.4 is 8.97 Å². The zero-order chi connectivity index (χ0) is 32.1. The zero-order valence-electron chi connectivity index (χ0n) is 28.4. The third-order valence-corrected chi connectivity index (χ3v) is 11.8. The van der Waals surface area contributed by atoms with Gasteiger partial charge in [0.1, 0.15) is 11.7 Å². The first-order valence-corrected chi connectivity index (χ1v) is 17.4. The van der Waals surface area contributed by atoms with Crippen LogP contribution in [0.3, 0.4) is 0 Å². The number of hydrogen-bond donors (Lipinski definition) is 0. The Balaban J connectivity index is 1.55. The largest absolute Gasteiger partial charge is 0.221 e. The fourth-order valence-corrected chi connectivity index (χ4v) is 9.38. The van der Waals surface area contributed by atoms with Crippen molar-refractivity contribution in [2.45, 2.75) is 97.4 Å². The molecule has 2 aliphatic rings. The number of unbranched alkanes of at least 4 members (excludes halogenated alkanes) is 1. The van der Waals surface area contributed by atoms with Gasteiger partial charge in [-0.2, -0.15) is 8.97 Å². The lowest BCUT2D eigenvalue weighted by atomic mass is 9.61. The average molecular weight is 609 g/mol. The SMILES string of the molecule is CCCCc1ccc2c3c4[n+](ccc13)C(CC)(CC)C(c1cc3ccc(C)cc3c3cc(C)cc[n+]13)c1ccc(F)c(c1-4)C2(C)C. The van der Waals surface area contributed by atoms with Gasteiger partial charge < -0.3 is 0 Å². The molecule has 2 nitrogen and oxygen atoms in total. The molecule has 1 atom stereocenters. The fourth-order valence-electron chi connectivity index (χ4n) is 9.38. The maximum absolute atomic E-state index is 16.4. The molecule has 4 heterocycles. The lowest BCUT2D eigenvalue weighted by Gasteiger charge is -2.43. The average Bonchev–Trinajstić information content (AvgIpc) is 3.05. The van der Waals surface area contributed by atoms with Crippen LogP contribution in [0.5, 0.6) is 0 Å². The molecular weight excluding hydrogens is 563 g/mol. The van der Waals surface area contributed by atoms with E-state index in [9.17, 15) is 0 Å². The summed E-state index contributed by atoms with van der Waals surface area (Å²) in [6, 6.07) is 24.7. The highest BCUT2D eigenvalue weighted by molar-refractivity contribution is 6.03. The molecule has 0 amide bonds. The molecule has 3 aromatic carbocycles. The van der Waals surface area contributed by atoms with Crippen LogP contribution in [0, 0.1) is 19.7 Å². The smallest absolute Gasteiger partial charge is 0.207 e. The van der Waals surface area contributed by atoms with E-state index in [1.165, 1.54) is 79.1 Å². The van der Waals surface area contributed by atoms with Gasteiger partial charge in [-0.3, -0.25) is 0 Å². The van der Waals surface area contributed by atoms with E-state index in [0.717, 1.165) is 30.4 Å². The van der Waals surface area contributed by atoms with Crippen molar-refractivity contribution in [3.8, 4) is 11.3 Å². The van der Waals surface area contributed by atoms with E-state index in [4.69, 9.17) is 0 Å². The Morgan fingerprint density at radius 1 is 0.804 bits per heavy atom. The second-order valence-corrected chi connectivity index (χ2v) is 14.6. The zero-order valence-corrected chi connectivity index (χ0v) is 28.4. The molecule has 0 saturated carbocycles. The van der Waals surface area contributed by atoms with Crippen molar-refractivity contribution in [3.63, 3.8) is 0 Å². The molecule has 232 valence electrons. The summed E-state index contributed by atoms with van der Waals surface area (Å²) >= 11 is 0. The number of benzene rings is 3. The van der Waals surface area contributed by atoms with Gasteiger partial charge in [-0.25, -0.2) is 4.39 Å². The number of halogens is 1. The Labute approximate surface area is 272 Å². The van der Waals surface area contributed by atoms with Crippen molar-refractivity contribution in [1.29, 1.82) is 0 Å². The number of nitrogens with zero attached hydrogens (tertiary/aromatic N) is 2.